The molecule has 1 saturated carbocycles. The highest BCUT2D eigenvalue weighted by Gasteiger charge is 2.49. The van der Waals surface area contributed by atoms with E-state index in [1.165, 1.54) is 11.1 Å². The topological polar surface area (TPSA) is 98.4 Å². The lowest BCUT2D eigenvalue weighted by Crippen LogP contribution is -2.51. The van der Waals surface area contributed by atoms with Crippen molar-refractivity contribution >= 4 is 17.1 Å². The van der Waals surface area contributed by atoms with E-state index in [2.05, 4.69) is 69.3 Å². The number of primary amides is 1. The van der Waals surface area contributed by atoms with E-state index in [0.29, 0.717) is 5.56 Å². The molecule has 2 heterocycles. The van der Waals surface area contributed by atoms with Gasteiger partial charge in [0.25, 0.3) is 5.91 Å². The van der Waals surface area contributed by atoms with E-state index in [-0.39, 0.29) is 17.0 Å². The molecule has 0 bridgehead atoms. The summed E-state index contributed by atoms with van der Waals surface area (Å²) in [7, 11) is 0. The van der Waals surface area contributed by atoms with Crippen LogP contribution in [0.25, 0.3) is 16.6 Å². The lowest BCUT2D eigenvalue weighted by atomic mass is 9.75. The van der Waals surface area contributed by atoms with E-state index in [1.54, 1.807) is 6.20 Å². The Balaban J connectivity index is 1.84. The van der Waals surface area contributed by atoms with Gasteiger partial charge in [-0.2, -0.15) is 5.10 Å². The van der Waals surface area contributed by atoms with E-state index in [0.717, 1.165) is 35.2 Å². The number of nitrogens with one attached hydrogen (secondary N) is 1. The highest BCUT2D eigenvalue weighted by atomic mass is 16.1. The van der Waals surface area contributed by atoms with Crippen LogP contribution >= 0.6 is 0 Å². The van der Waals surface area contributed by atoms with Crippen molar-refractivity contribution in [3.05, 3.63) is 53.3 Å². The first-order chi connectivity index (χ1) is 14.0. The zero-order valence-corrected chi connectivity index (χ0v) is 18.4. The summed E-state index contributed by atoms with van der Waals surface area (Å²) in [6.45, 7) is 10.6. The van der Waals surface area contributed by atoms with Crippen LogP contribution in [0.3, 0.4) is 0 Å². The van der Waals surface area contributed by atoms with Gasteiger partial charge < -0.3 is 16.8 Å². The molecular formula is C24H31N5O. The molecule has 0 unspecified atom stereocenters. The van der Waals surface area contributed by atoms with Crippen LogP contribution in [0.15, 0.2) is 36.7 Å². The molecule has 1 aliphatic carbocycles. The minimum Gasteiger partial charge on any atom is -0.379 e. The highest BCUT2D eigenvalue weighted by molar-refractivity contribution is 6.02. The zero-order valence-electron chi connectivity index (χ0n) is 18.4. The second-order valence-electron chi connectivity index (χ2n) is 9.61. The van der Waals surface area contributed by atoms with Gasteiger partial charge in [-0.1, -0.05) is 43.2 Å². The van der Waals surface area contributed by atoms with Crippen LogP contribution in [0.4, 0.5) is 5.69 Å². The highest BCUT2D eigenvalue weighted by Crippen LogP contribution is 2.46. The van der Waals surface area contributed by atoms with E-state index in [1.807, 2.05) is 10.7 Å². The number of aromatic nitrogens is 2. The van der Waals surface area contributed by atoms with Gasteiger partial charge in [-0.15, -0.1) is 0 Å². The van der Waals surface area contributed by atoms with Gasteiger partial charge in [0.2, 0.25) is 0 Å². The summed E-state index contributed by atoms with van der Waals surface area (Å²) in [5.41, 5.74) is 18.4. The summed E-state index contributed by atoms with van der Waals surface area (Å²) >= 11 is 0. The second-order valence-corrected chi connectivity index (χ2v) is 9.61. The van der Waals surface area contributed by atoms with Crippen molar-refractivity contribution < 1.29 is 4.79 Å². The van der Waals surface area contributed by atoms with Crippen molar-refractivity contribution in [3.8, 4) is 11.1 Å². The molecule has 30 heavy (non-hydrogen) atoms. The maximum absolute atomic E-state index is 12.2. The number of carbonyl (C=O) groups is 1. The van der Waals surface area contributed by atoms with Crippen molar-refractivity contribution in [2.45, 2.75) is 59.0 Å². The summed E-state index contributed by atoms with van der Waals surface area (Å²) < 4.78 is 1.81. The molecule has 2 aromatic heterocycles. The fraction of sp³-hybridized carbons (Fsp3) is 0.417. The van der Waals surface area contributed by atoms with Crippen LogP contribution in [0.5, 0.6) is 0 Å². The molecule has 2 atom stereocenters. The molecule has 0 spiro atoms. The van der Waals surface area contributed by atoms with Gasteiger partial charge in [-0.05, 0) is 45.2 Å². The number of amides is 1. The third kappa shape index (κ3) is 3.25. The van der Waals surface area contributed by atoms with Crippen LogP contribution in [0.1, 0.15) is 55.1 Å². The van der Waals surface area contributed by atoms with Crippen LogP contribution in [-0.2, 0) is 0 Å². The third-order valence-corrected chi connectivity index (χ3v) is 7.07. The zero-order chi connectivity index (χ0) is 21.8. The van der Waals surface area contributed by atoms with Gasteiger partial charge in [0.1, 0.15) is 0 Å². The Labute approximate surface area is 177 Å². The normalized spacial score (nSPS) is 23.1. The molecule has 6 heteroatoms. The predicted molar refractivity (Wildman–Crippen MR) is 122 cm³/mol. The number of benzene rings is 1. The first-order valence-electron chi connectivity index (χ1n) is 10.4. The van der Waals surface area contributed by atoms with Crippen molar-refractivity contribution in [2.24, 2.45) is 16.9 Å². The molecule has 5 N–H and O–H groups in total. The Morgan fingerprint density at radius 3 is 2.37 bits per heavy atom. The SMILES string of the molecule is Cc1cc(C)cc(-c2cc3c(N[C@@H]4CC[C@](C)(N)C4(C)C)c(C(N)=O)cnn3c2)c1. The number of nitrogens with two attached hydrogens (primary N) is 2. The number of carbonyl (C=O) groups excluding carboxylic acids is 1. The minimum atomic E-state index is -0.493. The average Bonchev–Trinajstić information content (AvgIpc) is 3.15. The number of rotatable bonds is 4. The molecule has 0 radical (unpaired) electrons. The molecule has 0 aliphatic heterocycles. The molecule has 4 rings (SSSR count). The van der Waals surface area contributed by atoms with Gasteiger partial charge in [-0.3, -0.25) is 4.79 Å². The Bertz CT molecular complexity index is 1120. The van der Waals surface area contributed by atoms with Gasteiger partial charge >= 0.3 is 0 Å². The number of anilines is 1. The summed E-state index contributed by atoms with van der Waals surface area (Å²) in [6, 6.07) is 8.66. The lowest BCUT2D eigenvalue weighted by molar-refractivity contribution is 0.100. The maximum atomic E-state index is 12.2. The molecule has 0 saturated heterocycles. The van der Waals surface area contributed by atoms with Gasteiger partial charge in [-0.25, -0.2) is 4.52 Å². The Morgan fingerprint density at radius 2 is 1.80 bits per heavy atom. The van der Waals surface area contributed by atoms with E-state index >= 15 is 0 Å². The van der Waals surface area contributed by atoms with E-state index < -0.39 is 5.91 Å². The van der Waals surface area contributed by atoms with Crippen molar-refractivity contribution in [1.82, 2.24) is 9.61 Å². The number of hydrogen-bond acceptors (Lipinski definition) is 4. The van der Waals surface area contributed by atoms with Crippen molar-refractivity contribution in [2.75, 3.05) is 5.32 Å². The fourth-order valence-electron chi connectivity index (χ4n) is 4.65. The van der Waals surface area contributed by atoms with Crippen molar-refractivity contribution in [1.29, 1.82) is 0 Å². The Hall–Kier alpha value is -2.86. The molecule has 3 aromatic rings. The molecule has 158 valence electrons. The monoisotopic (exact) mass is 405 g/mol. The minimum absolute atomic E-state index is 0.122. The summed E-state index contributed by atoms with van der Waals surface area (Å²) in [5, 5.41) is 8.07. The summed E-state index contributed by atoms with van der Waals surface area (Å²) in [5.74, 6) is -0.493. The first-order valence-corrected chi connectivity index (χ1v) is 10.4. The van der Waals surface area contributed by atoms with Crippen molar-refractivity contribution in [3.63, 3.8) is 0 Å². The second kappa shape index (κ2) is 6.84. The smallest absolute Gasteiger partial charge is 0.252 e. The van der Waals surface area contributed by atoms with Gasteiger partial charge in [0.15, 0.2) is 0 Å². The van der Waals surface area contributed by atoms with E-state index in [4.69, 9.17) is 11.5 Å². The lowest BCUT2D eigenvalue weighted by Gasteiger charge is -2.39. The molecule has 1 aliphatic rings. The van der Waals surface area contributed by atoms with Crippen LogP contribution in [0.2, 0.25) is 0 Å². The largest absolute Gasteiger partial charge is 0.379 e. The standard InChI is InChI=1S/C24H31N5O/c1-14-8-15(2)10-16(9-14)17-11-19-21(18(22(25)30)12-27-29(19)13-17)28-20-6-7-24(5,26)23(20,3)4/h8-13,20,28H,6-7,26H2,1-5H3,(H2,25,30)/t20-,24+/m1/s1. The van der Waals surface area contributed by atoms with Crippen LogP contribution in [0, 0.1) is 19.3 Å². The number of aryl methyl sites for hydroxylation is 2. The molecular weight excluding hydrogens is 374 g/mol. The maximum Gasteiger partial charge on any atom is 0.252 e. The first kappa shape index (κ1) is 20.4. The van der Waals surface area contributed by atoms with Gasteiger partial charge in [0, 0.05) is 28.8 Å². The Morgan fingerprint density at radius 1 is 1.13 bits per heavy atom. The summed E-state index contributed by atoms with van der Waals surface area (Å²) in [4.78, 5) is 12.2. The molecule has 1 amide bonds. The fourth-order valence-corrected chi connectivity index (χ4v) is 4.65. The Kier molecular flexibility index (Phi) is 4.66. The number of fused-ring (bicyclic) bond motifs is 1. The molecule has 6 nitrogen and oxygen atoms in total. The molecule has 1 fully saturated rings. The van der Waals surface area contributed by atoms with Gasteiger partial charge in [0.05, 0.1) is 23.0 Å². The van der Waals surface area contributed by atoms with Crippen LogP contribution in [-0.4, -0.2) is 27.1 Å². The van der Waals surface area contributed by atoms with Crippen LogP contribution < -0.4 is 16.8 Å². The number of hydrogen-bond donors (Lipinski definition) is 3. The average molecular weight is 406 g/mol. The molecule has 1 aromatic carbocycles. The summed E-state index contributed by atoms with van der Waals surface area (Å²) in [6.07, 6.45) is 5.38. The third-order valence-electron chi connectivity index (χ3n) is 7.07. The number of nitrogens with zero attached hydrogens (tertiary/aromatic N) is 2. The predicted octanol–water partition coefficient (Wildman–Crippen LogP) is 4.03. The van der Waals surface area contributed by atoms with E-state index in [9.17, 15) is 4.79 Å². The quantitative estimate of drug-likeness (QED) is 0.610.